The van der Waals surface area contributed by atoms with Gasteiger partial charge in [0, 0.05) is 23.4 Å². The monoisotopic (exact) mass is 246 g/mol. The van der Waals surface area contributed by atoms with Crippen LogP contribution in [-0.4, -0.2) is 19.0 Å². The zero-order chi connectivity index (χ0) is 11.8. The van der Waals surface area contributed by atoms with Crippen LogP contribution in [0.15, 0.2) is 29.6 Å². The van der Waals surface area contributed by atoms with E-state index in [0.29, 0.717) is 18.9 Å². The molecule has 3 rings (SSSR count). The quantitative estimate of drug-likeness (QED) is 0.883. The van der Waals surface area contributed by atoms with Gasteiger partial charge in [0.2, 0.25) is 5.91 Å². The van der Waals surface area contributed by atoms with Crippen molar-refractivity contribution in [1.29, 1.82) is 0 Å². The Morgan fingerprint density at radius 2 is 2.29 bits per heavy atom. The maximum atomic E-state index is 11.9. The molecule has 0 aliphatic carbocycles. The fraction of sp³-hybridized carbons (Fsp3) is 0.308. The molecule has 0 spiro atoms. The summed E-state index contributed by atoms with van der Waals surface area (Å²) < 4.78 is 1.26. The first-order chi connectivity index (χ1) is 8.28. The van der Waals surface area contributed by atoms with Crippen LogP contribution in [0.5, 0.6) is 0 Å². The first kappa shape index (κ1) is 10.7. The summed E-state index contributed by atoms with van der Waals surface area (Å²) in [6.45, 7) is 1.34. The number of rotatable bonds is 2. The van der Waals surface area contributed by atoms with Gasteiger partial charge >= 0.3 is 0 Å². The molecular weight excluding hydrogens is 232 g/mol. The van der Waals surface area contributed by atoms with Gasteiger partial charge < -0.3 is 10.6 Å². The Hall–Kier alpha value is -1.39. The van der Waals surface area contributed by atoms with Crippen molar-refractivity contribution in [2.45, 2.75) is 6.42 Å². The minimum atomic E-state index is 0.190. The van der Waals surface area contributed by atoms with E-state index in [2.05, 4.69) is 23.6 Å². The minimum absolute atomic E-state index is 0.190. The van der Waals surface area contributed by atoms with Gasteiger partial charge in [-0.1, -0.05) is 0 Å². The number of nitrogens with two attached hydrogens (primary N) is 1. The van der Waals surface area contributed by atoms with Crippen LogP contribution in [0.3, 0.4) is 0 Å². The second kappa shape index (κ2) is 4.13. The van der Waals surface area contributed by atoms with Gasteiger partial charge in [-0.2, -0.15) is 0 Å². The van der Waals surface area contributed by atoms with Gasteiger partial charge in [0.05, 0.1) is 0 Å². The molecule has 0 bridgehead atoms. The molecule has 1 atom stereocenters. The van der Waals surface area contributed by atoms with Crippen molar-refractivity contribution in [3.05, 3.63) is 29.6 Å². The first-order valence-corrected chi connectivity index (χ1v) is 6.63. The average Bonchev–Trinajstić information content (AvgIpc) is 2.93. The fourth-order valence-electron chi connectivity index (χ4n) is 2.31. The van der Waals surface area contributed by atoms with Crippen LogP contribution in [0.1, 0.15) is 6.42 Å². The molecule has 0 saturated carbocycles. The number of fused-ring (bicyclic) bond motifs is 1. The summed E-state index contributed by atoms with van der Waals surface area (Å²) in [5.74, 6) is 0.496. The normalized spacial score (nSPS) is 20.4. The Kier molecular flexibility index (Phi) is 2.61. The van der Waals surface area contributed by atoms with Gasteiger partial charge in [-0.15, -0.1) is 11.3 Å². The predicted molar refractivity (Wildman–Crippen MR) is 71.3 cm³/mol. The van der Waals surface area contributed by atoms with Crippen molar-refractivity contribution < 1.29 is 4.79 Å². The van der Waals surface area contributed by atoms with Crippen LogP contribution >= 0.6 is 11.3 Å². The van der Waals surface area contributed by atoms with Gasteiger partial charge in [0.15, 0.2) is 0 Å². The number of amides is 1. The highest BCUT2D eigenvalue weighted by molar-refractivity contribution is 7.17. The number of carbonyl (C=O) groups excluding carboxylic acids is 1. The van der Waals surface area contributed by atoms with Crippen molar-refractivity contribution in [3.63, 3.8) is 0 Å². The highest BCUT2D eigenvalue weighted by atomic mass is 32.1. The molecule has 1 fully saturated rings. The van der Waals surface area contributed by atoms with Gasteiger partial charge in [-0.3, -0.25) is 4.79 Å². The Balaban J connectivity index is 1.95. The lowest BCUT2D eigenvalue weighted by atomic mass is 10.1. The third kappa shape index (κ3) is 1.83. The van der Waals surface area contributed by atoms with Gasteiger partial charge in [0.1, 0.15) is 0 Å². The third-order valence-corrected chi connectivity index (χ3v) is 4.18. The number of hydrogen-bond donors (Lipinski definition) is 1. The number of thiophene rings is 1. The smallest absolute Gasteiger partial charge is 0.227 e. The SMILES string of the molecule is NCC1CC(=O)N(c2ccc3sccc3c2)C1. The van der Waals surface area contributed by atoms with E-state index in [1.54, 1.807) is 11.3 Å². The number of benzene rings is 1. The standard InChI is InChI=1S/C13H14N2OS/c14-7-9-5-13(16)15(8-9)11-1-2-12-10(6-11)3-4-17-12/h1-4,6,9H,5,7-8,14H2. The second-order valence-corrected chi connectivity index (χ2v) is 5.40. The topological polar surface area (TPSA) is 46.3 Å². The largest absolute Gasteiger partial charge is 0.330 e. The van der Waals surface area contributed by atoms with E-state index in [1.165, 1.54) is 10.1 Å². The Labute approximate surface area is 104 Å². The second-order valence-electron chi connectivity index (χ2n) is 4.45. The summed E-state index contributed by atoms with van der Waals surface area (Å²) in [4.78, 5) is 13.7. The highest BCUT2D eigenvalue weighted by Crippen LogP contribution is 2.29. The summed E-state index contributed by atoms with van der Waals surface area (Å²) >= 11 is 1.72. The van der Waals surface area contributed by atoms with Crippen molar-refractivity contribution in [2.75, 3.05) is 18.0 Å². The maximum absolute atomic E-state index is 11.9. The fourth-order valence-corrected chi connectivity index (χ4v) is 3.08. The van der Waals surface area contributed by atoms with Crippen molar-refractivity contribution in [2.24, 2.45) is 11.7 Å². The molecule has 1 unspecified atom stereocenters. The van der Waals surface area contributed by atoms with Crippen LogP contribution in [0, 0.1) is 5.92 Å². The minimum Gasteiger partial charge on any atom is -0.330 e. The van der Waals surface area contributed by atoms with Crippen LogP contribution in [-0.2, 0) is 4.79 Å². The van der Waals surface area contributed by atoms with E-state index in [0.717, 1.165) is 12.2 Å². The molecule has 1 amide bonds. The summed E-state index contributed by atoms with van der Waals surface area (Å²) in [6, 6.07) is 8.28. The van der Waals surface area contributed by atoms with E-state index >= 15 is 0 Å². The van der Waals surface area contributed by atoms with Crippen LogP contribution < -0.4 is 10.6 Å². The summed E-state index contributed by atoms with van der Waals surface area (Å²) in [5.41, 5.74) is 6.63. The van der Waals surface area contributed by atoms with E-state index in [-0.39, 0.29) is 5.91 Å². The van der Waals surface area contributed by atoms with Crippen LogP contribution in [0.4, 0.5) is 5.69 Å². The lowest BCUT2D eigenvalue weighted by Gasteiger charge is -2.16. The van der Waals surface area contributed by atoms with E-state index in [9.17, 15) is 4.79 Å². The van der Waals surface area contributed by atoms with Crippen LogP contribution in [0.2, 0.25) is 0 Å². The lowest BCUT2D eigenvalue weighted by molar-refractivity contribution is -0.117. The Morgan fingerprint density at radius 3 is 3.06 bits per heavy atom. The van der Waals surface area contributed by atoms with Gasteiger partial charge in [0.25, 0.3) is 0 Å². The molecule has 0 radical (unpaired) electrons. The van der Waals surface area contributed by atoms with Gasteiger partial charge in [-0.25, -0.2) is 0 Å². The molecule has 3 nitrogen and oxygen atoms in total. The van der Waals surface area contributed by atoms with Gasteiger partial charge in [-0.05, 0) is 47.5 Å². The number of nitrogens with zero attached hydrogens (tertiary/aromatic N) is 1. The first-order valence-electron chi connectivity index (χ1n) is 5.75. The zero-order valence-corrected chi connectivity index (χ0v) is 10.2. The zero-order valence-electron chi connectivity index (χ0n) is 9.43. The maximum Gasteiger partial charge on any atom is 0.227 e. The molecule has 17 heavy (non-hydrogen) atoms. The molecule has 2 N–H and O–H groups in total. The Bertz CT molecular complexity index is 563. The molecule has 1 aliphatic heterocycles. The average molecular weight is 246 g/mol. The third-order valence-electron chi connectivity index (χ3n) is 3.29. The van der Waals surface area contributed by atoms with E-state index in [1.807, 2.05) is 11.0 Å². The molecular formula is C13H14N2OS. The number of hydrogen-bond acceptors (Lipinski definition) is 3. The summed E-state index contributed by atoms with van der Waals surface area (Å²) in [7, 11) is 0. The summed E-state index contributed by atoms with van der Waals surface area (Å²) in [6.07, 6.45) is 0.582. The van der Waals surface area contributed by atoms with Crippen molar-refractivity contribution in [3.8, 4) is 0 Å². The molecule has 2 heterocycles. The highest BCUT2D eigenvalue weighted by Gasteiger charge is 2.29. The molecule has 2 aromatic rings. The molecule has 88 valence electrons. The van der Waals surface area contributed by atoms with Crippen LogP contribution in [0.25, 0.3) is 10.1 Å². The predicted octanol–water partition coefficient (Wildman–Crippen LogP) is 2.21. The summed E-state index contributed by atoms with van der Waals surface area (Å²) in [5, 5.41) is 3.28. The number of anilines is 1. The molecule has 4 heteroatoms. The van der Waals surface area contributed by atoms with E-state index in [4.69, 9.17) is 5.73 Å². The lowest BCUT2D eigenvalue weighted by Crippen LogP contribution is -2.25. The molecule has 1 saturated heterocycles. The van der Waals surface area contributed by atoms with Crippen molar-refractivity contribution >= 4 is 33.0 Å². The Morgan fingerprint density at radius 1 is 1.41 bits per heavy atom. The van der Waals surface area contributed by atoms with E-state index < -0.39 is 0 Å². The number of carbonyl (C=O) groups is 1. The molecule has 1 aromatic heterocycles. The molecule has 1 aromatic carbocycles. The van der Waals surface area contributed by atoms with Crippen molar-refractivity contribution in [1.82, 2.24) is 0 Å². The molecule has 1 aliphatic rings.